The molecular weight excluding hydrogens is 344 g/mol. The number of benzene rings is 2. The van der Waals surface area contributed by atoms with Gasteiger partial charge in [0.2, 0.25) is 11.8 Å². The molecule has 1 atom stereocenters. The zero-order chi connectivity index (χ0) is 19.2. The molecule has 2 aromatic carbocycles. The molecule has 142 valence electrons. The van der Waals surface area contributed by atoms with Gasteiger partial charge in [-0.3, -0.25) is 9.59 Å². The van der Waals surface area contributed by atoms with Gasteiger partial charge < -0.3 is 19.7 Å². The fourth-order valence-electron chi connectivity index (χ4n) is 3.10. The van der Waals surface area contributed by atoms with Crippen LogP contribution in [0.15, 0.2) is 48.5 Å². The number of hydrogen-bond donors (Lipinski definition) is 1. The molecule has 2 aromatic rings. The fourth-order valence-corrected chi connectivity index (χ4v) is 3.10. The molecule has 6 nitrogen and oxygen atoms in total. The van der Waals surface area contributed by atoms with E-state index in [-0.39, 0.29) is 24.2 Å². The number of aryl methyl sites for hydroxylation is 1. The van der Waals surface area contributed by atoms with E-state index in [1.54, 1.807) is 18.1 Å². The summed E-state index contributed by atoms with van der Waals surface area (Å²) in [7, 11) is 1.58. The second-order valence-corrected chi connectivity index (χ2v) is 6.56. The molecule has 1 heterocycles. The van der Waals surface area contributed by atoms with E-state index < -0.39 is 0 Å². The highest BCUT2D eigenvalue weighted by molar-refractivity contribution is 6.00. The van der Waals surface area contributed by atoms with Crippen LogP contribution in [0.2, 0.25) is 0 Å². The van der Waals surface area contributed by atoms with E-state index in [4.69, 9.17) is 9.47 Å². The second-order valence-electron chi connectivity index (χ2n) is 6.56. The van der Waals surface area contributed by atoms with Gasteiger partial charge in [-0.25, -0.2) is 0 Å². The quantitative estimate of drug-likeness (QED) is 0.763. The molecule has 1 saturated heterocycles. The molecule has 0 bridgehead atoms. The summed E-state index contributed by atoms with van der Waals surface area (Å²) in [5.74, 6) is 0.926. The molecule has 1 unspecified atom stereocenters. The molecule has 0 radical (unpaired) electrons. The van der Waals surface area contributed by atoms with Gasteiger partial charge in [0, 0.05) is 24.7 Å². The zero-order valence-electron chi connectivity index (χ0n) is 15.6. The minimum atomic E-state index is -0.359. The average molecular weight is 368 g/mol. The van der Waals surface area contributed by atoms with Crippen molar-refractivity contribution in [2.45, 2.75) is 13.3 Å². The Morgan fingerprint density at radius 1 is 1.19 bits per heavy atom. The first-order chi connectivity index (χ1) is 13.1. The van der Waals surface area contributed by atoms with E-state index in [2.05, 4.69) is 5.32 Å². The van der Waals surface area contributed by atoms with Crippen LogP contribution in [0.5, 0.6) is 11.5 Å². The van der Waals surface area contributed by atoms with Crippen molar-refractivity contribution in [2.24, 2.45) is 5.92 Å². The number of carbonyl (C=O) groups excluding carboxylic acids is 2. The first-order valence-corrected chi connectivity index (χ1v) is 8.98. The summed E-state index contributed by atoms with van der Waals surface area (Å²) in [5.41, 5.74) is 1.87. The van der Waals surface area contributed by atoms with Gasteiger partial charge in [0.15, 0.2) is 0 Å². The van der Waals surface area contributed by atoms with Gasteiger partial charge in [0.25, 0.3) is 0 Å². The Morgan fingerprint density at radius 2 is 1.96 bits per heavy atom. The van der Waals surface area contributed by atoms with Gasteiger partial charge in [-0.05, 0) is 36.8 Å². The molecule has 0 aromatic heterocycles. The van der Waals surface area contributed by atoms with E-state index in [1.807, 2.05) is 49.4 Å². The standard InChI is InChI=1S/C21H24N2O4/c1-15-5-3-8-19(11-15)27-10-9-22-21(25)16-12-20(24)23(14-16)17-6-4-7-18(13-17)26-2/h3-8,11,13,16H,9-10,12,14H2,1-2H3,(H,22,25). The summed E-state index contributed by atoms with van der Waals surface area (Å²) >= 11 is 0. The SMILES string of the molecule is COc1cccc(N2CC(C(=O)NCCOc3cccc(C)c3)CC2=O)c1. The van der Waals surface area contributed by atoms with Gasteiger partial charge in [-0.1, -0.05) is 18.2 Å². The molecule has 27 heavy (non-hydrogen) atoms. The number of amides is 2. The van der Waals surface area contributed by atoms with Crippen LogP contribution < -0.4 is 19.7 Å². The molecule has 0 spiro atoms. The third-order valence-electron chi connectivity index (χ3n) is 4.52. The van der Waals surface area contributed by atoms with E-state index in [1.165, 1.54) is 0 Å². The smallest absolute Gasteiger partial charge is 0.227 e. The van der Waals surface area contributed by atoms with Crippen LogP contribution in [0.25, 0.3) is 0 Å². The lowest BCUT2D eigenvalue weighted by molar-refractivity contribution is -0.126. The van der Waals surface area contributed by atoms with Crippen LogP contribution >= 0.6 is 0 Å². The Kier molecular flexibility index (Phi) is 5.96. The number of carbonyl (C=O) groups is 2. The molecule has 1 N–H and O–H groups in total. The molecule has 0 aliphatic carbocycles. The van der Waals surface area contributed by atoms with Crippen molar-refractivity contribution in [3.63, 3.8) is 0 Å². The second kappa shape index (κ2) is 8.58. The summed E-state index contributed by atoms with van der Waals surface area (Å²) in [5, 5.41) is 2.86. The summed E-state index contributed by atoms with van der Waals surface area (Å²) in [4.78, 5) is 26.3. The Balaban J connectivity index is 1.48. The lowest BCUT2D eigenvalue weighted by Gasteiger charge is -2.17. The molecule has 6 heteroatoms. The lowest BCUT2D eigenvalue weighted by atomic mass is 10.1. The van der Waals surface area contributed by atoms with E-state index in [9.17, 15) is 9.59 Å². The van der Waals surface area contributed by atoms with E-state index in [0.717, 1.165) is 17.0 Å². The van der Waals surface area contributed by atoms with Crippen molar-refractivity contribution in [3.05, 3.63) is 54.1 Å². The molecule has 1 fully saturated rings. The maximum Gasteiger partial charge on any atom is 0.227 e. The average Bonchev–Trinajstić information content (AvgIpc) is 3.07. The highest BCUT2D eigenvalue weighted by Gasteiger charge is 2.35. The number of ether oxygens (including phenoxy) is 2. The summed E-state index contributed by atoms with van der Waals surface area (Å²) in [6, 6.07) is 15.1. The van der Waals surface area contributed by atoms with Crippen molar-refractivity contribution >= 4 is 17.5 Å². The fraction of sp³-hybridized carbons (Fsp3) is 0.333. The van der Waals surface area contributed by atoms with Gasteiger partial charge >= 0.3 is 0 Å². The van der Waals surface area contributed by atoms with Gasteiger partial charge in [0.05, 0.1) is 19.6 Å². The van der Waals surface area contributed by atoms with Crippen LogP contribution in [0, 0.1) is 12.8 Å². The Bertz CT molecular complexity index is 821. The predicted molar refractivity (Wildman–Crippen MR) is 103 cm³/mol. The molecule has 3 rings (SSSR count). The van der Waals surface area contributed by atoms with Crippen molar-refractivity contribution in [1.29, 1.82) is 0 Å². The Labute approximate surface area is 159 Å². The van der Waals surface area contributed by atoms with Crippen molar-refractivity contribution in [2.75, 3.05) is 31.7 Å². The summed E-state index contributed by atoms with van der Waals surface area (Å²) in [6.45, 7) is 3.16. The van der Waals surface area contributed by atoms with Gasteiger partial charge in [0.1, 0.15) is 18.1 Å². The number of hydrogen-bond acceptors (Lipinski definition) is 4. The lowest BCUT2D eigenvalue weighted by Crippen LogP contribution is -2.35. The highest BCUT2D eigenvalue weighted by Crippen LogP contribution is 2.27. The predicted octanol–water partition coefficient (Wildman–Crippen LogP) is 2.55. The van der Waals surface area contributed by atoms with E-state index in [0.29, 0.717) is 25.4 Å². The van der Waals surface area contributed by atoms with Crippen LogP contribution in [-0.2, 0) is 9.59 Å². The molecule has 1 aliphatic rings. The zero-order valence-corrected chi connectivity index (χ0v) is 15.6. The third kappa shape index (κ3) is 4.78. The summed E-state index contributed by atoms with van der Waals surface area (Å²) in [6.07, 6.45) is 0.210. The summed E-state index contributed by atoms with van der Waals surface area (Å²) < 4.78 is 10.8. The van der Waals surface area contributed by atoms with Crippen molar-refractivity contribution in [1.82, 2.24) is 5.32 Å². The van der Waals surface area contributed by atoms with Crippen molar-refractivity contribution < 1.29 is 19.1 Å². The minimum Gasteiger partial charge on any atom is -0.497 e. The van der Waals surface area contributed by atoms with Gasteiger partial charge in [-0.15, -0.1) is 0 Å². The van der Waals surface area contributed by atoms with Gasteiger partial charge in [-0.2, -0.15) is 0 Å². The van der Waals surface area contributed by atoms with Crippen LogP contribution in [0.4, 0.5) is 5.69 Å². The van der Waals surface area contributed by atoms with Crippen LogP contribution in [-0.4, -0.2) is 38.6 Å². The Morgan fingerprint density at radius 3 is 2.74 bits per heavy atom. The maximum atomic E-state index is 12.4. The number of methoxy groups -OCH3 is 1. The maximum absolute atomic E-state index is 12.4. The molecule has 1 aliphatic heterocycles. The largest absolute Gasteiger partial charge is 0.497 e. The number of nitrogens with one attached hydrogen (secondary N) is 1. The number of nitrogens with zero attached hydrogens (tertiary/aromatic N) is 1. The van der Waals surface area contributed by atoms with Crippen LogP contribution in [0.1, 0.15) is 12.0 Å². The molecule has 0 saturated carbocycles. The monoisotopic (exact) mass is 368 g/mol. The first kappa shape index (κ1) is 18.8. The minimum absolute atomic E-state index is 0.0561. The van der Waals surface area contributed by atoms with E-state index >= 15 is 0 Å². The van der Waals surface area contributed by atoms with Crippen LogP contribution in [0.3, 0.4) is 0 Å². The topological polar surface area (TPSA) is 67.9 Å². The molecular formula is C21H24N2O4. The number of anilines is 1. The normalized spacial score (nSPS) is 16.3. The number of rotatable bonds is 7. The highest BCUT2D eigenvalue weighted by atomic mass is 16.5. The Hall–Kier alpha value is -3.02. The molecule has 2 amide bonds. The third-order valence-corrected chi connectivity index (χ3v) is 4.52. The van der Waals surface area contributed by atoms with Crippen molar-refractivity contribution in [3.8, 4) is 11.5 Å². The first-order valence-electron chi connectivity index (χ1n) is 8.98.